The predicted molar refractivity (Wildman–Crippen MR) is 92.2 cm³/mol. The van der Waals surface area contributed by atoms with Gasteiger partial charge in [0.15, 0.2) is 5.69 Å². The molecule has 1 saturated heterocycles. The number of aromatic nitrogens is 2. The average Bonchev–Trinajstić information content (AvgIpc) is 3.04. The molecule has 1 aromatic heterocycles. The standard InChI is InChI=1S/C19H19FN4O2/c1-2-26-19(25)16-10-23(11-22-16)7-12-3-4-17(15(6-21)18(12)20)24-8-13-5-14(13)9-24/h3-4,10-11,13-14H,2,5,7-9H2,1H3. The third-order valence-electron chi connectivity index (χ3n) is 5.10. The summed E-state index contributed by atoms with van der Waals surface area (Å²) in [5.41, 5.74) is 1.34. The molecule has 0 amide bonds. The Hall–Kier alpha value is -2.88. The van der Waals surface area contributed by atoms with Gasteiger partial charge in [-0.25, -0.2) is 14.2 Å². The van der Waals surface area contributed by atoms with E-state index in [1.54, 1.807) is 17.6 Å². The molecule has 26 heavy (non-hydrogen) atoms. The van der Waals surface area contributed by atoms with Crippen LogP contribution in [0, 0.1) is 29.0 Å². The van der Waals surface area contributed by atoms with E-state index in [4.69, 9.17) is 4.74 Å². The lowest BCUT2D eigenvalue weighted by Crippen LogP contribution is -2.23. The molecule has 0 spiro atoms. The summed E-state index contributed by atoms with van der Waals surface area (Å²) < 4.78 is 21.4. The lowest BCUT2D eigenvalue weighted by atomic mass is 10.1. The minimum atomic E-state index is -0.507. The number of nitriles is 1. The second kappa shape index (κ2) is 6.45. The molecule has 2 aromatic rings. The molecule has 6 nitrogen and oxygen atoms in total. The maximum atomic E-state index is 14.9. The summed E-state index contributed by atoms with van der Waals surface area (Å²) >= 11 is 0. The number of ether oxygens (including phenoxy) is 1. The molecular weight excluding hydrogens is 335 g/mol. The second-order valence-corrected chi connectivity index (χ2v) is 6.86. The topological polar surface area (TPSA) is 71.2 Å². The van der Waals surface area contributed by atoms with Gasteiger partial charge in [0, 0.05) is 24.8 Å². The third kappa shape index (κ3) is 2.92. The molecule has 2 fully saturated rings. The fraction of sp³-hybridized carbons (Fsp3) is 0.421. The fourth-order valence-corrected chi connectivity index (χ4v) is 3.65. The summed E-state index contributed by atoms with van der Waals surface area (Å²) in [6.07, 6.45) is 4.23. The first-order valence-corrected chi connectivity index (χ1v) is 8.76. The molecule has 1 saturated carbocycles. The van der Waals surface area contributed by atoms with Crippen LogP contribution in [0.4, 0.5) is 10.1 Å². The van der Waals surface area contributed by atoms with Crippen molar-refractivity contribution < 1.29 is 13.9 Å². The van der Waals surface area contributed by atoms with Crippen LogP contribution in [0.5, 0.6) is 0 Å². The Morgan fingerprint density at radius 3 is 2.88 bits per heavy atom. The van der Waals surface area contributed by atoms with Gasteiger partial charge in [-0.1, -0.05) is 6.07 Å². The van der Waals surface area contributed by atoms with E-state index in [0.717, 1.165) is 13.1 Å². The van der Waals surface area contributed by atoms with Crippen molar-refractivity contribution in [1.82, 2.24) is 9.55 Å². The second-order valence-electron chi connectivity index (χ2n) is 6.86. The highest BCUT2D eigenvalue weighted by Crippen LogP contribution is 2.47. The molecule has 2 aliphatic rings. The SMILES string of the molecule is CCOC(=O)c1cn(Cc2ccc(N3CC4CC4C3)c(C#N)c2F)cn1. The number of benzene rings is 1. The number of rotatable bonds is 5. The Labute approximate surface area is 150 Å². The van der Waals surface area contributed by atoms with Crippen molar-refractivity contribution in [2.24, 2.45) is 11.8 Å². The zero-order valence-corrected chi connectivity index (χ0v) is 14.5. The van der Waals surface area contributed by atoms with Crippen LogP contribution >= 0.6 is 0 Å². The summed E-state index contributed by atoms with van der Waals surface area (Å²) in [7, 11) is 0. The molecule has 1 aliphatic heterocycles. The van der Waals surface area contributed by atoms with E-state index >= 15 is 0 Å². The highest BCUT2D eigenvalue weighted by Gasteiger charge is 2.45. The zero-order valence-electron chi connectivity index (χ0n) is 14.5. The maximum Gasteiger partial charge on any atom is 0.358 e. The average molecular weight is 354 g/mol. The first-order valence-electron chi connectivity index (χ1n) is 8.76. The molecule has 0 N–H and O–H groups in total. The van der Waals surface area contributed by atoms with Crippen LogP contribution in [0.15, 0.2) is 24.7 Å². The lowest BCUT2D eigenvalue weighted by molar-refractivity contribution is 0.0520. The van der Waals surface area contributed by atoms with E-state index in [2.05, 4.69) is 9.88 Å². The highest BCUT2D eigenvalue weighted by atomic mass is 19.1. The van der Waals surface area contributed by atoms with Crippen LogP contribution in [0.25, 0.3) is 0 Å². The van der Waals surface area contributed by atoms with Gasteiger partial charge in [-0.05, 0) is 31.2 Å². The van der Waals surface area contributed by atoms with Crippen LogP contribution in [-0.4, -0.2) is 35.2 Å². The van der Waals surface area contributed by atoms with E-state index < -0.39 is 11.8 Å². The minimum Gasteiger partial charge on any atom is -0.461 e. The number of imidazole rings is 1. The molecule has 4 rings (SSSR count). The van der Waals surface area contributed by atoms with Crippen molar-refractivity contribution in [3.63, 3.8) is 0 Å². The number of halogens is 1. The number of carbonyl (C=O) groups excluding carboxylic acids is 1. The Morgan fingerprint density at radius 2 is 2.19 bits per heavy atom. The number of esters is 1. The van der Waals surface area contributed by atoms with Gasteiger partial charge < -0.3 is 14.2 Å². The van der Waals surface area contributed by atoms with Crippen LogP contribution in [-0.2, 0) is 11.3 Å². The summed E-state index contributed by atoms with van der Waals surface area (Å²) in [5.74, 6) is 0.400. The van der Waals surface area contributed by atoms with Crippen molar-refractivity contribution in [2.45, 2.75) is 19.9 Å². The van der Waals surface area contributed by atoms with E-state index in [1.807, 2.05) is 12.1 Å². The Morgan fingerprint density at radius 1 is 1.42 bits per heavy atom. The van der Waals surface area contributed by atoms with E-state index in [9.17, 15) is 14.4 Å². The van der Waals surface area contributed by atoms with Gasteiger partial charge in [0.1, 0.15) is 17.4 Å². The van der Waals surface area contributed by atoms with Crippen molar-refractivity contribution in [3.8, 4) is 6.07 Å². The molecule has 0 radical (unpaired) electrons. The summed E-state index contributed by atoms with van der Waals surface area (Å²) in [6, 6.07) is 5.55. The molecule has 1 aliphatic carbocycles. The molecule has 2 unspecified atom stereocenters. The van der Waals surface area contributed by atoms with Crippen molar-refractivity contribution >= 4 is 11.7 Å². The quantitative estimate of drug-likeness (QED) is 0.772. The van der Waals surface area contributed by atoms with Crippen LogP contribution in [0.2, 0.25) is 0 Å². The number of nitrogens with zero attached hydrogens (tertiary/aromatic N) is 4. The molecule has 0 bridgehead atoms. The summed E-state index contributed by atoms with van der Waals surface area (Å²) in [6.45, 7) is 3.99. The van der Waals surface area contributed by atoms with Crippen LogP contribution in [0.1, 0.15) is 35.0 Å². The lowest BCUT2D eigenvalue weighted by Gasteiger charge is -2.22. The smallest absolute Gasteiger partial charge is 0.358 e. The van der Waals surface area contributed by atoms with Gasteiger partial charge in [-0.15, -0.1) is 0 Å². The number of hydrogen-bond donors (Lipinski definition) is 0. The monoisotopic (exact) mass is 354 g/mol. The van der Waals surface area contributed by atoms with Crippen LogP contribution in [0.3, 0.4) is 0 Å². The minimum absolute atomic E-state index is 0.0922. The number of fused-ring (bicyclic) bond motifs is 1. The number of anilines is 1. The Balaban J connectivity index is 1.56. The number of piperidine rings is 1. The molecule has 2 heterocycles. The van der Waals surface area contributed by atoms with Gasteiger partial charge in [0.2, 0.25) is 0 Å². The van der Waals surface area contributed by atoms with E-state index in [-0.39, 0.29) is 24.4 Å². The summed E-state index contributed by atoms with van der Waals surface area (Å²) in [4.78, 5) is 17.8. The van der Waals surface area contributed by atoms with E-state index in [1.165, 1.54) is 18.9 Å². The molecule has 134 valence electrons. The molecule has 7 heteroatoms. The molecule has 1 aromatic carbocycles. The van der Waals surface area contributed by atoms with Gasteiger partial charge >= 0.3 is 5.97 Å². The van der Waals surface area contributed by atoms with Gasteiger partial charge in [0.25, 0.3) is 0 Å². The van der Waals surface area contributed by atoms with Gasteiger partial charge in [-0.3, -0.25) is 0 Å². The predicted octanol–water partition coefficient (Wildman–Crippen LogP) is 2.57. The van der Waals surface area contributed by atoms with E-state index in [0.29, 0.717) is 23.1 Å². The first-order chi connectivity index (χ1) is 12.6. The molecular formula is C19H19FN4O2. The van der Waals surface area contributed by atoms with Crippen molar-refractivity contribution in [1.29, 1.82) is 5.26 Å². The van der Waals surface area contributed by atoms with Gasteiger partial charge in [-0.2, -0.15) is 5.26 Å². The zero-order chi connectivity index (χ0) is 18.3. The third-order valence-corrected chi connectivity index (χ3v) is 5.10. The van der Waals surface area contributed by atoms with Gasteiger partial charge in [0.05, 0.1) is 25.2 Å². The van der Waals surface area contributed by atoms with Crippen molar-refractivity contribution in [2.75, 3.05) is 24.6 Å². The first kappa shape index (κ1) is 16.6. The summed E-state index contributed by atoms with van der Waals surface area (Å²) in [5, 5.41) is 9.47. The maximum absolute atomic E-state index is 14.9. The van der Waals surface area contributed by atoms with Crippen molar-refractivity contribution in [3.05, 3.63) is 47.3 Å². The normalized spacial score (nSPS) is 20.6. The Kier molecular flexibility index (Phi) is 4.11. The van der Waals surface area contributed by atoms with Crippen LogP contribution < -0.4 is 4.90 Å². The largest absolute Gasteiger partial charge is 0.461 e. The number of carbonyl (C=O) groups is 1. The Bertz CT molecular complexity index is 891. The fourth-order valence-electron chi connectivity index (χ4n) is 3.65. The molecule has 2 atom stereocenters. The number of hydrogen-bond acceptors (Lipinski definition) is 5. The highest BCUT2D eigenvalue weighted by molar-refractivity contribution is 5.86.